The van der Waals surface area contributed by atoms with Crippen LogP contribution in [-0.4, -0.2) is 112 Å². The molecule has 4 aliphatic rings. The average molecular weight is 764 g/mol. The first kappa shape index (κ1) is 39.3. The Morgan fingerprint density at radius 1 is 0.927 bits per heavy atom. The largest absolute Gasteiger partial charge is 0.343 e. The number of amides is 7. The van der Waals surface area contributed by atoms with Gasteiger partial charge in [-0.15, -0.1) is 0 Å². The molecule has 6 rings (SSSR count). The van der Waals surface area contributed by atoms with Crippen molar-refractivity contribution in [2.24, 2.45) is 11.8 Å². The van der Waals surface area contributed by atoms with Gasteiger partial charge in [-0.1, -0.05) is 24.6 Å². The topological polar surface area (TPSA) is 177 Å². The number of fused-ring (bicyclic) bond motifs is 1. The number of nitrogens with zero attached hydrogens (tertiary/aromatic N) is 3. The molecule has 8 atom stereocenters. The van der Waals surface area contributed by atoms with Crippen LogP contribution in [0.25, 0.3) is 0 Å². The highest BCUT2D eigenvalue weighted by Crippen LogP contribution is 2.56. The van der Waals surface area contributed by atoms with Crippen LogP contribution in [0.2, 0.25) is 0 Å². The molecule has 7 amide bonds. The highest BCUT2D eigenvalue weighted by atomic mass is 19.1. The van der Waals surface area contributed by atoms with Gasteiger partial charge in [-0.2, -0.15) is 0 Å². The lowest BCUT2D eigenvalue weighted by atomic mass is 9.90. The predicted molar refractivity (Wildman–Crippen MR) is 195 cm³/mol. The number of rotatable bonds is 6. The van der Waals surface area contributed by atoms with E-state index in [-0.39, 0.29) is 37.3 Å². The predicted octanol–water partition coefficient (Wildman–Crippen LogP) is 2.04. The Morgan fingerprint density at radius 3 is 2.27 bits per heavy atom. The van der Waals surface area contributed by atoms with Crippen LogP contribution in [0.1, 0.15) is 57.6 Å². The Labute approximate surface area is 317 Å². The van der Waals surface area contributed by atoms with Gasteiger partial charge in [0.2, 0.25) is 29.5 Å². The highest BCUT2D eigenvalue weighted by Gasteiger charge is 2.73. The van der Waals surface area contributed by atoms with E-state index >= 15 is 0 Å². The molecule has 3 aliphatic heterocycles. The van der Waals surface area contributed by atoms with Gasteiger partial charge in [-0.05, 0) is 82.2 Å². The Hall–Kier alpha value is -5.41. The van der Waals surface area contributed by atoms with Crippen LogP contribution in [0.3, 0.4) is 0 Å². The summed E-state index contributed by atoms with van der Waals surface area (Å²) in [7, 11) is 1.44. The molecule has 0 aromatic heterocycles. The van der Waals surface area contributed by atoms with Crippen molar-refractivity contribution < 1.29 is 42.3 Å². The molecule has 1 saturated carbocycles. The van der Waals surface area contributed by atoms with Gasteiger partial charge in [-0.3, -0.25) is 28.8 Å². The number of anilines is 1. The Bertz CT molecular complexity index is 1890. The summed E-state index contributed by atoms with van der Waals surface area (Å²) in [5.41, 5.74) is 0.142. The molecule has 4 fully saturated rings. The molecular weight excluding hydrogens is 716 g/mol. The van der Waals surface area contributed by atoms with Crippen molar-refractivity contribution >= 4 is 47.0 Å². The highest BCUT2D eigenvalue weighted by molar-refractivity contribution is 6.12. The maximum atomic E-state index is 14.7. The number of hydrogen-bond acceptors (Lipinski definition) is 7. The van der Waals surface area contributed by atoms with Gasteiger partial charge in [0.1, 0.15) is 47.4 Å². The fourth-order valence-electron chi connectivity index (χ4n) is 8.46. The SMILES string of the molecule is Cc1ccc(NC(=O)N[C@@H](Cc2cc(F)cc(F)c2)C(=O)N[C@@H]2C(=O)N3CCC[C@H]3C(=O)N(C)[C@@H](C)C(=O)N[C@@H](C)C(=O)N3CCCC34C(=O)[C@@H]4[C@H]2C)cc1. The monoisotopic (exact) mass is 763 g/mol. The third kappa shape index (κ3) is 7.63. The zero-order valence-corrected chi connectivity index (χ0v) is 31.5. The molecule has 1 spiro atoms. The van der Waals surface area contributed by atoms with Crippen LogP contribution >= 0.6 is 0 Å². The molecule has 0 radical (unpaired) electrons. The summed E-state index contributed by atoms with van der Waals surface area (Å²) >= 11 is 0. The molecule has 4 N–H and O–H groups in total. The third-order valence-electron chi connectivity index (χ3n) is 11.6. The molecule has 2 aromatic carbocycles. The van der Waals surface area contributed by atoms with Crippen molar-refractivity contribution in [1.82, 2.24) is 30.7 Å². The standard InChI is InChI=1S/C39H47F2N7O7/c1-20-9-11-27(12-10-20)43-38(55)44-28(18-24-16-25(40)19-26(41)17-24)34(51)45-31-21(2)30-32(49)39(30)13-7-15-48(39)35(52)22(3)42-33(50)23(4)46(5)36(53)29-8-6-14-47(29)37(31)54/h9-12,16-17,19,21-23,28-31H,6-8,13-15,18H2,1-5H3,(H,42,50)(H,45,51)(H2,43,44,55)/t21-,22+,23+,28+,29+,30+,31+,39?/m1/s1. The maximum Gasteiger partial charge on any atom is 0.319 e. The first-order valence-corrected chi connectivity index (χ1v) is 18.7. The van der Waals surface area contributed by atoms with Gasteiger partial charge >= 0.3 is 6.03 Å². The van der Waals surface area contributed by atoms with Gasteiger partial charge < -0.3 is 36.0 Å². The number of Topliss-reactive ketones (excluding diaryl/α,β-unsaturated/α-hetero) is 1. The maximum absolute atomic E-state index is 14.7. The molecule has 3 saturated heterocycles. The van der Waals surface area contributed by atoms with Gasteiger partial charge in [-0.25, -0.2) is 13.6 Å². The van der Waals surface area contributed by atoms with E-state index in [4.69, 9.17) is 0 Å². The smallest absolute Gasteiger partial charge is 0.319 e. The summed E-state index contributed by atoms with van der Waals surface area (Å²) < 4.78 is 28.6. The number of hydrogen-bond donors (Lipinski definition) is 4. The van der Waals surface area contributed by atoms with Crippen molar-refractivity contribution in [2.75, 3.05) is 25.5 Å². The number of carbonyl (C=O) groups is 7. The fourth-order valence-corrected chi connectivity index (χ4v) is 8.46. The first-order valence-electron chi connectivity index (χ1n) is 18.7. The van der Waals surface area contributed by atoms with E-state index in [1.807, 2.05) is 6.92 Å². The molecule has 55 heavy (non-hydrogen) atoms. The summed E-state index contributed by atoms with van der Waals surface area (Å²) in [6.07, 6.45) is 1.17. The Balaban J connectivity index is 1.36. The number of benzene rings is 2. The second-order valence-corrected chi connectivity index (χ2v) is 15.2. The van der Waals surface area contributed by atoms with E-state index in [0.717, 1.165) is 17.7 Å². The molecule has 1 unspecified atom stereocenters. The lowest BCUT2D eigenvalue weighted by molar-refractivity contribution is -0.148. The van der Waals surface area contributed by atoms with E-state index in [9.17, 15) is 42.3 Å². The number of nitrogens with one attached hydrogen (secondary N) is 4. The lowest BCUT2D eigenvalue weighted by Gasteiger charge is -2.35. The number of carbonyl (C=O) groups excluding carboxylic acids is 7. The van der Waals surface area contributed by atoms with E-state index < -0.39 is 94.8 Å². The molecule has 0 bridgehead atoms. The third-order valence-corrected chi connectivity index (χ3v) is 11.6. The van der Waals surface area contributed by atoms with Crippen molar-refractivity contribution in [2.45, 2.75) is 95.5 Å². The van der Waals surface area contributed by atoms with E-state index in [2.05, 4.69) is 21.3 Å². The lowest BCUT2D eigenvalue weighted by Crippen LogP contribution is -2.60. The zero-order chi connectivity index (χ0) is 39.9. The molecule has 3 heterocycles. The second kappa shape index (κ2) is 15.4. The fraction of sp³-hybridized carbons (Fsp3) is 0.513. The zero-order valence-electron chi connectivity index (χ0n) is 31.5. The Kier molecular flexibility index (Phi) is 11.0. The summed E-state index contributed by atoms with van der Waals surface area (Å²) in [6, 6.07) is 2.85. The normalized spacial score (nSPS) is 29.0. The van der Waals surface area contributed by atoms with Crippen LogP contribution in [0.4, 0.5) is 19.3 Å². The molecule has 14 nitrogen and oxygen atoms in total. The van der Waals surface area contributed by atoms with Gasteiger partial charge in [0.15, 0.2) is 5.78 Å². The summed E-state index contributed by atoms with van der Waals surface area (Å²) in [4.78, 5) is 101. The molecule has 1 aliphatic carbocycles. The first-order chi connectivity index (χ1) is 26.0. The van der Waals surface area contributed by atoms with Crippen molar-refractivity contribution in [3.05, 3.63) is 65.2 Å². The van der Waals surface area contributed by atoms with Crippen LogP contribution in [0, 0.1) is 30.4 Å². The number of likely N-dealkylation sites (N-methyl/N-ethyl adjacent to an activating group) is 1. The minimum absolute atomic E-state index is 0.0470. The summed E-state index contributed by atoms with van der Waals surface area (Å²) in [6.45, 7) is 6.92. The number of halogens is 2. The molecule has 294 valence electrons. The quantitative estimate of drug-likeness (QED) is 0.348. The average Bonchev–Trinajstić information content (AvgIpc) is 3.48. The summed E-state index contributed by atoms with van der Waals surface area (Å²) in [5, 5.41) is 10.7. The van der Waals surface area contributed by atoms with Gasteiger partial charge in [0, 0.05) is 38.3 Å². The minimum Gasteiger partial charge on any atom is -0.343 e. The number of urea groups is 1. The molecule has 2 aromatic rings. The van der Waals surface area contributed by atoms with Crippen LogP contribution in [0.15, 0.2) is 42.5 Å². The number of ketones is 1. The van der Waals surface area contributed by atoms with Crippen LogP contribution in [-0.2, 0) is 35.2 Å². The van der Waals surface area contributed by atoms with E-state index in [1.165, 1.54) is 35.6 Å². The molecular formula is C39H47F2N7O7. The van der Waals surface area contributed by atoms with Gasteiger partial charge in [0.25, 0.3) is 0 Å². The van der Waals surface area contributed by atoms with Crippen molar-refractivity contribution in [1.29, 1.82) is 0 Å². The minimum atomic E-state index is -1.47. The van der Waals surface area contributed by atoms with Gasteiger partial charge in [0.05, 0.1) is 5.92 Å². The number of aryl methyl sites for hydroxylation is 1. The van der Waals surface area contributed by atoms with Crippen LogP contribution < -0.4 is 21.3 Å². The Morgan fingerprint density at radius 2 is 1.60 bits per heavy atom. The van der Waals surface area contributed by atoms with E-state index in [0.29, 0.717) is 31.0 Å². The molecule has 16 heteroatoms. The van der Waals surface area contributed by atoms with Crippen molar-refractivity contribution in [3.63, 3.8) is 0 Å². The van der Waals surface area contributed by atoms with Crippen LogP contribution in [0.5, 0.6) is 0 Å². The summed E-state index contributed by atoms with van der Waals surface area (Å²) in [5.74, 6) is -6.98. The van der Waals surface area contributed by atoms with E-state index in [1.54, 1.807) is 31.2 Å². The van der Waals surface area contributed by atoms with Crippen molar-refractivity contribution in [3.8, 4) is 0 Å². The second-order valence-electron chi connectivity index (χ2n) is 15.2.